The molecule has 0 atom stereocenters. The SMILES string of the molecule is CNC1=C(C(C)=N)CNCC1. The molecule has 0 spiro atoms. The average molecular weight is 153 g/mol. The highest BCUT2D eigenvalue weighted by Crippen LogP contribution is 2.09. The highest BCUT2D eigenvalue weighted by molar-refractivity contribution is 5.96. The Labute approximate surface area is 67.4 Å². The van der Waals surface area contributed by atoms with Gasteiger partial charge in [0.15, 0.2) is 0 Å². The van der Waals surface area contributed by atoms with Crippen LogP contribution in [0.1, 0.15) is 13.3 Å². The first-order valence-corrected chi connectivity index (χ1v) is 3.91. The Kier molecular flexibility index (Phi) is 2.65. The molecule has 0 saturated heterocycles. The van der Waals surface area contributed by atoms with E-state index in [0.29, 0.717) is 5.71 Å². The van der Waals surface area contributed by atoms with Gasteiger partial charge in [0.1, 0.15) is 0 Å². The fourth-order valence-electron chi connectivity index (χ4n) is 1.32. The molecule has 0 amide bonds. The van der Waals surface area contributed by atoms with E-state index in [0.717, 1.165) is 25.1 Å². The first kappa shape index (κ1) is 8.27. The second kappa shape index (κ2) is 3.53. The van der Waals surface area contributed by atoms with Crippen molar-refractivity contribution in [3.8, 4) is 0 Å². The van der Waals surface area contributed by atoms with E-state index in [1.165, 1.54) is 5.70 Å². The molecule has 3 heteroatoms. The molecule has 0 aromatic rings. The second-order valence-corrected chi connectivity index (χ2v) is 2.76. The summed E-state index contributed by atoms with van der Waals surface area (Å²) in [5, 5.41) is 13.9. The molecule has 62 valence electrons. The average Bonchev–Trinajstić information content (AvgIpc) is 2.04. The Balaban J connectivity index is 2.81. The zero-order chi connectivity index (χ0) is 8.27. The lowest BCUT2D eigenvalue weighted by Crippen LogP contribution is -2.31. The fourth-order valence-corrected chi connectivity index (χ4v) is 1.32. The van der Waals surface area contributed by atoms with Gasteiger partial charge in [-0.15, -0.1) is 0 Å². The lowest BCUT2D eigenvalue weighted by molar-refractivity contribution is 0.659. The van der Waals surface area contributed by atoms with E-state index in [-0.39, 0.29) is 0 Å². The predicted molar refractivity (Wildman–Crippen MR) is 47.0 cm³/mol. The van der Waals surface area contributed by atoms with Crippen molar-refractivity contribution >= 4 is 5.71 Å². The van der Waals surface area contributed by atoms with Crippen LogP contribution in [0.2, 0.25) is 0 Å². The van der Waals surface area contributed by atoms with E-state index in [1.807, 2.05) is 14.0 Å². The number of rotatable bonds is 2. The molecule has 3 nitrogen and oxygen atoms in total. The van der Waals surface area contributed by atoms with Crippen LogP contribution in [-0.4, -0.2) is 25.8 Å². The van der Waals surface area contributed by atoms with E-state index in [9.17, 15) is 0 Å². The highest BCUT2D eigenvalue weighted by Gasteiger charge is 2.11. The van der Waals surface area contributed by atoms with Crippen LogP contribution in [0.25, 0.3) is 0 Å². The van der Waals surface area contributed by atoms with Crippen molar-refractivity contribution in [2.24, 2.45) is 0 Å². The summed E-state index contributed by atoms with van der Waals surface area (Å²) in [4.78, 5) is 0. The molecule has 1 aliphatic heterocycles. The Morgan fingerprint density at radius 2 is 2.36 bits per heavy atom. The molecule has 1 heterocycles. The van der Waals surface area contributed by atoms with Gasteiger partial charge in [-0.2, -0.15) is 0 Å². The lowest BCUT2D eigenvalue weighted by atomic mass is 10.0. The Hall–Kier alpha value is -0.830. The minimum absolute atomic E-state index is 0.668. The molecule has 0 aromatic carbocycles. The molecule has 0 aliphatic carbocycles. The molecule has 0 radical (unpaired) electrons. The summed E-state index contributed by atoms with van der Waals surface area (Å²) in [6.07, 6.45) is 1.02. The van der Waals surface area contributed by atoms with E-state index in [2.05, 4.69) is 10.6 Å². The minimum Gasteiger partial charge on any atom is -0.391 e. The smallest absolute Gasteiger partial charge is 0.0345 e. The van der Waals surface area contributed by atoms with Gasteiger partial charge in [-0.1, -0.05) is 0 Å². The molecule has 11 heavy (non-hydrogen) atoms. The number of hydrogen-bond acceptors (Lipinski definition) is 3. The molecular weight excluding hydrogens is 138 g/mol. The standard InChI is InChI=1S/C8H15N3/c1-6(9)7-5-11-4-3-8(7)10-2/h9-11H,3-5H2,1-2H3. The second-order valence-electron chi connectivity index (χ2n) is 2.76. The lowest BCUT2D eigenvalue weighted by Gasteiger charge is -2.20. The van der Waals surface area contributed by atoms with Crippen molar-refractivity contribution in [2.45, 2.75) is 13.3 Å². The predicted octanol–water partition coefficient (Wildman–Crippen LogP) is 0.493. The van der Waals surface area contributed by atoms with Gasteiger partial charge in [0.05, 0.1) is 0 Å². The van der Waals surface area contributed by atoms with Gasteiger partial charge in [0.25, 0.3) is 0 Å². The van der Waals surface area contributed by atoms with Gasteiger partial charge in [-0.3, -0.25) is 0 Å². The van der Waals surface area contributed by atoms with Crippen LogP contribution in [0.4, 0.5) is 0 Å². The summed E-state index contributed by atoms with van der Waals surface area (Å²) in [7, 11) is 1.92. The van der Waals surface area contributed by atoms with Gasteiger partial charge < -0.3 is 16.0 Å². The van der Waals surface area contributed by atoms with Gasteiger partial charge in [-0.05, 0) is 13.3 Å². The maximum atomic E-state index is 7.48. The third-order valence-corrected chi connectivity index (χ3v) is 1.97. The summed E-state index contributed by atoms with van der Waals surface area (Å²) in [5.74, 6) is 0. The summed E-state index contributed by atoms with van der Waals surface area (Å²) in [6.45, 7) is 3.69. The Bertz CT molecular complexity index is 194. The molecule has 0 bridgehead atoms. The van der Waals surface area contributed by atoms with Crippen molar-refractivity contribution in [1.82, 2.24) is 10.6 Å². The van der Waals surface area contributed by atoms with Crippen LogP contribution in [0.3, 0.4) is 0 Å². The van der Waals surface area contributed by atoms with E-state index in [4.69, 9.17) is 5.41 Å². The molecule has 3 N–H and O–H groups in total. The summed E-state index contributed by atoms with van der Waals surface area (Å²) >= 11 is 0. The molecule has 1 aliphatic rings. The molecular formula is C8H15N3. The van der Waals surface area contributed by atoms with Crippen LogP contribution in [-0.2, 0) is 0 Å². The van der Waals surface area contributed by atoms with E-state index >= 15 is 0 Å². The normalized spacial score (nSPS) is 18.4. The fraction of sp³-hybridized carbons (Fsp3) is 0.625. The van der Waals surface area contributed by atoms with Crippen LogP contribution in [0.15, 0.2) is 11.3 Å². The Morgan fingerprint density at radius 3 is 2.82 bits per heavy atom. The van der Waals surface area contributed by atoms with Crippen molar-refractivity contribution in [1.29, 1.82) is 5.41 Å². The molecule has 0 saturated carbocycles. The first-order valence-electron chi connectivity index (χ1n) is 3.91. The van der Waals surface area contributed by atoms with E-state index in [1.54, 1.807) is 0 Å². The summed E-state index contributed by atoms with van der Waals surface area (Å²) in [6, 6.07) is 0. The molecule has 0 fully saturated rings. The van der Waals surface area contributed by atoms with E-state index < -0.39 is 0 Å². The number of hydrogen-bond donors (Lipinski definition) is 3. The van der Waals surface area contributed by atoms with Crippen molar-refractivity contribution in [3.63, 3.8) is 0 Å². The van der Waals surface area contributed by atoms with Crippen LogP contribution < -0.4 is 10.6 Å². The largest absolute Gasteiger partial charge is 0.391 e. The third-order valence-electron chi connectivity index (χ3n) is 1.97. The first-order chi connectivity index (χ1) is 5.25. The summed E-state index contributed by atoms with van der Waals surface area (Å²) < 4.78 is 0. The third kappa shape index (κ3) is 1.80. The quantitative estimate of drug-likeness (QED) is 0.506. The van der Waals surface area contributed by atoms with Crippen LogP contribution in [0.5, 0.6) is 0 Å². The van der Waals surface area contributed by atoms with Crippen molar-refractivity contribution < 1.29 is 0 Å². The van der Waals surface area contributed by atoms with Gasteiger partial charge >= 0.3 is 0 Å². The van der Waals surface area contributed by atoms with Crippen LogP contribution in [0, 0.1) is 5.41 Å². The maximum Gasteiger partial charge on any atom is 0.0345 e. The van der Waals surface area contributed by atoms with Crippen molar-refractivity contribution in [2.75, 3.05) is 20.1 Å². The zero-order valence-electron chi connectivity index (χ0n) is 7.12. The van der Waals surface area contributed by atoms with Gasteiger partial charge in [-0.25, -0.2) is 0 Å². The summed E-state index contributed by atoms with van der Waals surface area (Å²) in [5.41, 5.74) is 3.01. The zero-order valence-corrected chi connectivity index (χ0v) is 7.12. The molecule has 1 rings (SSSR count). The maximum absolute atomic E-state index is 7.48. The van der Waals surface area contributed by atoms with Crippen LogP contribution >= 0.6 is 0 Å². The highest BCUT2D eigenvalue weighted by atomic mass is 14.9. The number of nitrogens with one attached hydrogen (secondary N) is 3. The Morgan fingerprint density at radius 1 is 1.64 bits per heavy atom. The topological polar surface area (TPSA) is 47.9 Å². The molecule has 0 aromatic heterocycles. The monoisotopic (exact) mass is 153 g/mol. The minimum atomic E-state index is 0.668. The van der Waals surface area contributed by atoms with Gasteiger partial charge in [0, 0.05) is 37.1 Å². The van der Waals surface area contributed by atoms with Crippen molar-refractivity contribution in [3.05, 3.63) is 11.3 Å². The molecule has 0 unspecified atom stereocenters. The van der Waals surface area contributed by atoms with Gasteiger partial charge in [0.2, 0.25) is 0 Å².